The molecule has 142 valence electrons. The summed E-state index contributed by atoms with van der Waals surface area (Å²) in [7, 11) is 0. The van der Waals surface area contributed by atoms with Gasteiger partial charge in [-0.05, 0) is 51.7 Å². The molecule has 3 rings (SSSR count). The van der Waals surface area contributed by atoms with Gasteiger partial charge in [0.05, 0.1) is 5.56 Å². The van der Waals surface area contributed by atoms with E-state index in [2.05, 4.69) is 20.2 Å². The number of anilines is 1. The van der Waals surface area contributed by atoms with Gasteiger partial charge in [0.25, 0.3) is 5.91 Å². The number of aromatic nitrogens is 1. The predicted octanol–water partition coefficient (Wildman–Crippen LogP) is 2.80. The monoisotopic (exact) mass is 357 g/mol. The SMILES string of the molecule is CC(N)=NC(=O)c1ccc(C)nc1N1CCC(NC2CCCCC2)CC1. The highest BCUT2D eigenvalue weighted by Crippen LogP contribution is 2.25. The van der Waals surface area contributed by atoms with Gasteiger partial charge in [0.1, 0.15) is 11.7 Å². The summed E-state index contributed by atoms with van der Waals surface area (Å²) in [5.41, 5.74) is 7.03. The molecule has 0 spiro atoms. The first-order valence-electron chi connectivity index (χ1n) is 9.86. The lowest BCUT2D eigenvalue weighted by Crippen LogP contribution is -2.47. The summed E-state index contributed by atoms with van der Waals surface area (Å²) in [5.74, 6) is 0.711. The van der Waals surface area contributed by atoms with Crippen molar-refractivity contribution in [2.45, 2.75) is 70.9 Å². The Kier molecular flexibility index (Phi) is 6.25. The van der Waals surface area contributed by atoms with Crippen molar-refractivity contribution in [2.24, 2.45) is 10.7 Å². The number of carbonyl (C=O) groups excluding carboxylic acids is 1. The van der Waals surface area contributed by atoms with E-state index in [0.717, 1.165) is 37.4 Å². The third-order valence-corrected chi connectivity index (χ3v) is 5.39. The fourth-order valence-electron chi connectivity index (χ4n) is 4.03. The third-order valence-electron chi connectivity index (χ3n) is 5.39. The second-order valence-electron chi connectivity index (χ2n) is 7.65. The summed E-state index contributed by atoms with van der Waals surface area (Å²) in [5, 5.41) is 3.85. The molecule has 1 aliphatic carbocycles. The van der Waals surface area contributed by atoms with Crippen molar-refractivity contribution in [3.05, 3.63) is 23.4 Å². The zero-order valence-electron chi connectivity index (χ0n) is 16.0. The number of amides is 1. The molecule has 6 heteroatoms. The van der Waals surface area contributed by atoms with Crippen LogP contribution in [0.25, 0.3) is 0 Å². The molecule has 1 saturated heterocycles. The largest absolute Gasteiger partial charge is 0.387 e. The number of rotatable bonds is 4. The van der Waals surface area contributed by atoms with Crippen LogP contribution in [0, 0.1) is 6.92 Å². The lowest BCUT2D eigenvalue weighted by molar-refractivity contribution is 0.100. The van der Waals surface area contributed by atoms with Gasteiger partial charge in [0.2, 0.25) is 0 Å². The van der Waals surface area contributed by atoms with Gasteiger partial charge < -0.3 is 16.0 Å². The van der Waals surface area contributed by atoms with Gasteiger partial charge in [0.15, 0.2) is 0 Å². The summed E-state index contributed by atoms with van der Waals surface area (Å²) in [6.45, 7) is 5.40. The maximum absolute atomic E-state index is 12.4. The zero-order chi connectivity index (χ0) is 18.5. The Morgan fingerprint density at radius 1 is 1.15 bits per heavy atom. The Morgan fingerprint density at radius 3 is 2.46 bits per heavy atom. The van der Waals surface area contributed by atoms with E-state index in [1.807, 2.05) is 19.1 Å². The molecule has 6 nitrogen and oxygen atoms in total. The summed E-state index contributed by atoms with van der Waals surface area (Å²) < 4.78 is 0. The summed E-state index contributed by atoms with van der Waals surface area (Å²) in [6.07, 6.45) is 8.89. The number of nitrogens with one attached hydrogen (secondary N) is 1. The van der Waals surface area contributed by atoms with Crippen LogP contribution in [-0.2, 0) is 0 Å². The Balaban J connectivity index is 1.66. The van der Waals surface area contributed by atoms with E-state index >= 15 is 0 Å². The van der Waals surface area contributed by atoms with Crippen LogP contribution in [0.1, 0.15) is 67.9 Å². The number of nitrogens with two attached hydrogens (primary N) is 1. The van der Waals surface area contributed by atoms with Crippen molar-refractivity contribution in [1.29, 1.82) is 0 Å². The lowest BCUT2D eigenvalue weighted by Gasteiger charge is -2.36. The highest BCUT2D eigenvalue weighted by molar-refractivity contribution is 6.05. The average Bonchev–Trinajstić information content (AvgIpc) is 2.62. The first-order chi connectivity index (χ1) is 12.5. The molecule has 2 fully saturated rings. The second-order valence-corrected chi connectivity index (χ2v) is 7.65. The highest BCUT2D eigenvalue weighted by Gasteiger charge is 2.26. The van der Waals surface area contributed by atoms with Gasteiger partial charge in [-0.2, -0.15) is 4.99 Å². The van der Waals surface area contributed by atoms with Crippen molar-refractivity contribution in [3.8, 4) is 0 Å². The zero-order valence-corrected chi connectivity index (χ0v) is 16.0. The highest BCUT2D eigenvalue weighted by atomic mass is 16.1. The number of amidine groups is 1. The van der Waals surface area contributed by atoms with Crippen molar-refractivity contribution in [1.82, 2.24) is 10.3 Å². The van der Waals surface area contributed by atoms with Gasteiger partial charge in [-0.15, -0.1) is 0 Å². The molecule has 0 atom stereocenters. The molecule has 0 bridgehead atoms. The van der Waals surface area contributed by atoms with E-state index in [1.54, 1.807) is 6.92 Å². The fourth-order valence-corrected chi connectivity index (χ4v) is 4.03. The number of aliphatic imine (C=N–C) groups is 1. The number of piperidine rings is 1. The average molecular weight is 358 g/mol. The van der Waals surface area contributed by atoms with Crippen LogP contribution in [0.3, 0.4) is 0 Å². The number of nitrogens with zero attached hydrogens (tertiary/aromatic N) is 3. The smallest absolute Gasteiger partial charge is 0.282 e. The second kappa shape index (κ2) is 8.62. The first kappa shape index (κ1) is 18.8. The van der Waals surface area contributed by atoms with E-state index in [0.29, 0.717) is 17.6 Å². The minimum Gasteiger partial charge on any atom is -0.387 e. The molecule has 0 unspecified atom stereocenters. The van der Waals surface area contributed by atoms with Crippen LogP contribution in [0.2, 0.25) is 0 Å². The molecule has 1 amide bonds. The van der Waals surface area contributed by atoms with Crippen LogP contribution < -0.4 is 16.0 Å². The Hall–Kier alpha value is -1.95. The number of hydrogen-bond donors (Lipinski definition) is 2. The van der Waals surface area contributed by atoms with Crippen LogP contribution in [-0.4, -0.2) is 41.9 Å². The van der Waals surface area contributed by atoms with E-state index < -0.39 is 0 Å². The van der Waals surface area contributed by atoms with Gasteiger partial charge in [-0.3, -0.25) is 4.79 Å². The van der Waals surface area contributed by atoms with E-state index in [4.69, 9.17) is 5.73 Å². The molecule has 1 aromatic rings. The lowest BCUT2D eigenvalue weighted by atomic mass is 9.93. The molecule has 0 aromatic carbocycles. The molecule has 1 aromatic heterocycles. The van der Waals surface area contributed by atoms with Crippen LogP contribution >= 0.6 is 0 Å². The van der Waals surface area contributed by atoms with Crippen molar-refractivity contribution in [2.75, 3.05) is 18.0 Å². The Morgan fingerprint density at radius 2 is 1.81 bits per heavy atom. The minimum absolute atomic E-state index is 0.275. The van der Waals surface area contributed by atoms with Crippen LogP contribution in [0.4, 0.5) is 5.82 Å². The summed E-state index contributed by atoms with van der Waals surface area (Å²) >= 11 is 0. The van der Waals surface area contributed by atoms with Gasteiger partial charge >= 0.3 is 0 Å². The molecule has 2 heterocycles. The molecule has 26 heavy (non-hydrogen) atoms. The molecule has 2 aliphatic rings. The number of pyridine rings is 1. The van der Waals surface area contributed by atoms with E-state index in [-0.39, 0.29) is 11.7 Å². The summed E-state index contributed by atoms with van der Waals surface area (Å²) in [6, 6.07) is 4.94. The van der Waals surface area contributed by atoms with E-state index in [9.17, 15) is 4.79 Å². The Labute approximate surface area is 156 Å². The molecule has 1 saturated carbocycles. The van der Waals surface area contributed by atoms with E-state index in [1.165, 1.54) is 32.1 Å². The standard InChI is InChI=1S/C20H31N5O/c1-14-8-9-18(20(26)23-15(2)21)19(22-14)25-12-10-17(11-13-25)24-16-6-4-3-5-7-16/h8-9,16-17,24H,3-7,10-13H2,1-2H3,(H2,21,23,26). The van der Waals surface area contributed by atoms with Crippen LogP contribution in [0.15, 0.2) is 17.1 Å². The van der Waals surface area contributed by atoms with Gasteiger partial charge in [-0.1, -0.05) is 19.3 Å². The molecule has 0 radical (unpaired) electrons. The quantitative estimate of drug-likeness (QED) is 0.639. The van der Waals surface area contributed by atoms with Gasteiger partial charge in [-0.25, -0.2) is 4.98 Å². The number of aryl methyl sites for hydroxylation is 1. The fraction of sp³-hybridized carbons (Fsp3) is 0.650. The summed E-state index contributed by atoms with van der Waals surface area (Å²) in [4.78, 5) is 23.2. The maximum Gasteiger partial charge on any atom is 0.282 e. The normalized spacial score (nSPS) is 20.4. The van der Waals surface area contributed by atoms with Gasteiger partial charge in [0, 0.05) is 30.9 Å². The number of hydrogen-bond acceptors (Lipinski definition) is 4. The third kappa shape index (κ3) is 4.81. The topological polar surface area (TPSA) is 83.6 Å². The predicted molar refractivity (Wildman–Crippen MR) is 106 cm³/mol. The Bertz CT molecular complexity index is 654. The molecule has 1 aliphatic heterocycles. The number of carbonyl (C=O) groups is 1. The molecular formula is C20H31N5O. The minimum atomic E-state index is -0.310. The van der Waals surface area contributed by atoms with Crippen molar-refractivity contribution < 1.29 is 4.79 Å². The first-order valence-corrected chi connectivity index (χ1v) is 9.86. The van der Waals surface area contributed by atoms with Crippen molar-refractivity contribution >= 4 is 17.6 Å². The molecule has 3 N–H and O–H groups in total. The maximum atomic E-state index is 12.4. The van der Waals surface area contributed by atoms with Crippen molar-refractivity contribution in [3.63, 3.8) is 0 Å². The molecular weight excluding hydrogens is 326 g/mol. The van der Waals surface area contributed by atoms with Crippen LogP contribution in [0.5, 0.6) is 0 Å².